The molecule has 1 heterocycles. The van der Waals surface area contributed by atoms with Crippen LogP contribution in [0.4, 0.5) is 0 Å². The summed E-state index contributed by atoms with van der Waals surface area (Å²) in [4.78, 5) is 0. The van der Waals surface area contributed by atoms with E-state index in [1.807, 2.05) is 0 Å². The van der Waals surface area contributed by atoms with Gasteiger partial charge in [0.2, 0.25) is 0 Å². The molecule has 0 unspecified atom stereocenters. The largest absolute Gasteiger partial charge is 0.329 e. The van der Waals surface area contributed by atoms with Gasteiger partial charge in [0.15, 0.2) is 0 Å². The van der Waals surface area contributed by atoms with E-state index in [9.17, 15) is 8.42 Å². The molecule has 1 atom stereocenters. The lowest BCUT2D eigenvalue weighted by molar-refractivity contribution is 0.402. The van der Waals surface area contributed by atoms with Crippen molar-refractivity contribution < 1.29 is 8.42 Å². The summed E-state index contributed by atoms with van der Waals surface area (Å²) in [5.74, 6) is 0. The highest BCUT2D eigenvalue weighted by molar-refractivity contribution is 8.11. The van der Waals surface area contributed by atoms with E-state index in [0.717, 1.165) is 12.8 Å². The first-order valence-corrected chi connectivity index (χ1v) is 5.74. The Labute approximate surface area is 70.9 Å². The van der Waals surface area contributed by atoms with Crippen molar-refractivity contribution in [3.63, 3.8) is 0 Å². The van der Waals surface area contributed by atoms with E-state index in [-0.39, 0.29) is 6.04 Å². The Bertz CT molecular complexity index is 229. The molecule has 1 aliphatic rings. The van der Waals surface area contributed by atoms with E-state index in [2.05, 4.69) is 0 Å². The van der Waals surface area contributed by atoms with E-state index in [1.54, 1.807) is 0 Å². The zero-order chi connectivity index (χ0) is 8.48. The fourth-order valence-electron chi connectivity index (χ4n) is 1.33. The average molecular weight is 199 g/mol. The van der Waals surface area contributed by atoms with E-state index >= 15 is 0 Å². The van der Waals surface area contributed by atoms with Gasteiger partial charge in [0.1, 0.15) is 0 Å². The van der Waals surface area contributed by atoms with Gasteiger partial charge in [-0.2, -0.15) is 12.7 Å². The van der Waals surface area contributed by atoms with Crippen molar-refractivity contribution in [3.05, 3.63) is 0 Å². The number of nitrogens with zero attached hydrogens (tertiary/aromatic N) is 1. The van der Waals surface area contributed by atoms with Crippen molar-refractivity contribution in [1.82, 2.24) is 4.31 Å². The maximum absolute atomic E-state index is 10.8. The highest BCUT2D eigenvalue weighted by Gasteiger charge is 2.31. The number of rotatable bonds is 2. The third-order valence-corrected chi connectivity index (χ3v) is 3.45. The van der Waals surface area contributed by atoms with Crippen LogP contribution in [0.25, 0.3) is 0 Å². The molecule has 0 aliphatic carbocycles. The summed E-state index contributed by atoms with van der Waals surface area (Å²) < 4.78 is 22.9. The fourth-order valence-corrected chi connectivity index (χ4v) is 2.77. The van der Waals surface area contributed by atoms with Crippen LogP contribution in [0.15, 0.2) is 0 Å². The normalized spacial score (nSPS) is 27.6. The third kappa shape index (κ3) is 2.05. The Kier molecular flexibility index (Phi) is 2.74. The minimum absolute atomic E-state index is 0.0856. The second-order valence-corrected chi connectivity index (χ2v) is 5.05. The molecule has 1 saturated heterocycles. The molecule has 11 heavy (non-hydrogen) atoms. The molecule has 0 amide bonds. The smallest absolute Gasteiger partial charge is 0.300 e. The van der Waals surface area contributed by atoms with Gasteiger partial charge in [0.05, 0.1) is 0 Å². The minimum Gasteiger partial charge on any atom is -0.329 e. The van der Waals surface area contributed by atoms with E-state index in [0.29, 0.717) is 13.1 Å². The van der Waals surface area contributed by atoms with E-state index in [1.165, 1.54) is 4.31 Å². The molecule has 0 aromatic rings. The minimum atomic E-state index is -3.54. The molecule has 0 aromatic heterocycles. The van der Waals surface area contributed by atoms with Gasteiger partial charge in [-0.15, -0.1) is 0 Å². The van der Waals surface area contributed by atoms with Crippen LogP contribution in [0.3, 0.4) is 0 Å². The molecule has 0 bridgehead atoms. The van der Waals surface area contributed by atoms with Gasteiger partial charge in [0, 0.05) is 29.8 Å². The predicted octanol–water partition coefficient (Wildman–Crippen LogP) is -0.107. The lowest BCUT2D eigenvalue weighted by atomic mass is 10.2. The Morgan fingerprint density at radius 2 is 2.27 bits per heavy atom. The summed E-state index contributed by atoms with van der Waals surface area (Å²) in [6.45, 7) is 0.861. The Balaban J connectivity index is 2.72. The van der Waals surface area contributed by atoms with Gasteiger partial charge in [0.25, 0.3) is 9.24 Å². The Hall–Kier alpha value is 0.160. The van der Waals surface area contributed by atoms with Crippen molar-refractivity contribution >= 4 is 19.9 Å². The SMILES string of the molecule is NC[C@@H]1CCCN1S(=O)(=O)Cl. The number of hydrogen-bond acceptors (Lipinski definition) is 3. The summed E-state index contributed by atoms with van der Waals surface area (Å²) in [5.41, 5.74) is 5.36. The molecule has 1 fully saturated rings. The van der Waals surface area contributed by atoms with Gasteiger partial charge in [-0.1, -0.05) is 0 Å². The van der Waals surface area contributed by atoms with E-state index < -0.39 is 9.24 Å². The van der Waals surface area contributed by atoms with Crippen LogP contribution in [0.1, 0.15) is 12.8 Å². The second kappa shape index (κ2) is 3.26. The lowest BCUT2D eigenvalue weighted by Crippen LogP contribution is -2.37. The highest BCUT2D eigenvalue weighted by Crippen LogP contribution is 2.21. The van der Waals surface area contributed by atoms with Crippen LogP contribution in [0, 0.1) is 0 Å². The molecule has 66 valence electrons. The first kappa shape index (κ1) is 9.25. The number of nitrogens with two attached hydrogens (primary N) is 1. The molecule has 2 N–H and O–H groups in total. The molecule has 0 radical (unpaired) electrons. The lowest BCUT2D eigenvalue weighted by Gasteiger charge is -2.18. The first-order valence-electron chi connectivity index (χ1n) is 3.47. The molecule has 6 heteroatoms. The highest BCUT2D eigenvalue weighted by atomic mass is 35.7. The summed E-state index contributed by atoms with van der Waals surface area (Å²) in [6, 6.07) is -0.0856. The second-order valence-electron chi connectivity index (χ2n) is 2.58. The topological polar surface area (TPSA) is 63.4 Å². The van der Waals surface area contributed by atoms with Crippen molar-refractivity contribution in [1.29, 1.82) is 0 Å². The van der Waals surface area contributed by atoms with Gasteiger partial charge in [-0.05, 0) is 12.8 Å². The van der Waals surface area contributed by atoms with Crippen LogP contribution < -0.4 is 5.73 Å². The van der Waals surface area contributed by atoms with E-state index in [4.69, 9.17) is 16.4 Å². The van der Waals surface area contributed by atoms with Gasteiger partial charge in [-0.3, -0.25) is 0 Å². The maximum Gasteiger partial charge on any atom is 0.300 e. The van der Waals surface area contributed by atoms with Gasteiger partial charge in [-0.25, -0.2) is 0 Å². The van der Waals surface area contributed by atoms with Crippen molar-refractivity contribution in [3.8, 4) is 0 Å². The van der Waals surface area contributed by atoms with Crippen LogP contribution in [0.2, 0.25) is 0 Å². The fraction of sp³-hybridized carbons (Fsp3) is 1.00. The zero-order valence-corrected chi connectivity index (χ0v) is 7.61. The monoisotopic (exact) mass is 198 g/mol. The van der Waals surface area contributed by atoms with Gasteiger partial charge < -0.3 is 5.73 Å². The summed E-state index contributed by atoms with van der Waals surface area (Å²) in [5, 5.41) is 0. The molecule has 1 rings (SSSR count). The van der Waals surface area contributed by atoms with Crippen LogP contribution >= 0.6 is 10.7 Å². The molecular formula is C5H11ClN2O2S. The van der Waals surface area contributed by atoms with Crippen molar-refractivity contribution in [2.75, 3.05) is 13.1 Å². The van der Waals surface area contributed by atoms with Crippen molar-refractivity contribution in [2.45, 2.75) is 18.9 Å². The van der Waals surface area contributed by atoms with Gasteiger partial charge >= 0.3 is 0 Å². The standard InChI is InChI=1S/C5H11ClN2O2S/c6-11(9,10)8-3-1-2-5(8)4-7/h5H,1-4,7H2/t5-/m0/s1. The molecule has 4 nitrogen and oxygen atoms in total. The summed E-state index contributed by atoms with van der Waals surface area (Å²) in [6.07, 6.45) is 1.68. The molecule has 0 aromatic carbocycles. The number of halogens is 1. The first-order chi connectivity index (χ1) is 5.05. The van der Waals surface area contributed by atoms with Crippen LogP contribution in [0.5, 0.6) is 0 Å². The molecule has 0 saturated carbocycles. The maximum atomic E-state index is 10.8. The summed E-state index contributed by atoms with van der Waals surface area (Å²) in [7, 11) is 1.62. The summed E-state index contributed by atoms with van der Waals surface area (Å²) >= 11 is 0. The zero-order valence-electron chi connectivity index (χ0n) is 6.03. The van der Waals surface area contributed by atoms with Crippen molar-refractivity contribution in [2.24, 2.45) is 5.73 Å². The Morgan fingerprint density at radius 3 is 2.64 bits per heavy atom. The van der Waals surface area contributed by atoms with Crippen LogP contribution in [-0.4, -0.2) is 31.9 Å². The molecule has 1 aliphatic heterocycles. The number of hydrogen-bond donors (Lipinski definition) is 1. The Morgan fingerprint density at radius 1 is 1.64 bits per heavy atom. The van der Waals surface area contributed by atoms with Crippen LogP contribution in [-0.2, 0) is 9.24 Å². The average Bonchev–Trinajstić information content (AvgIpc) is 2.31. The quantitative estimate of drug-likeness (QED) is 0.630. The predicted molar refractivity (Wildman–Crippen MR) is 43.6 cm³/mol. The molecular weight excluding hydrogens is 188 g/mol. The molecule has 0 spiro atoms. The third-order valence-electron chi connectivity index (χ3n) is 1.88.